The monoisotopic (exact) mass is 707 g/mol. The van der Waals surface area contributed by atoms with E-state index in [9.17, 15) is 19.2 Å². The third kappa shape index (κ3) is 8.63. The first-order valence-corrected chi connectivity index (χ1v) is 18.5. The highest BCUT2D eigenvalue weighted by Gasteiger charge is 2.54. The van der Waals surface area contributed by atoms with Gasteiger partial charge in [0.05, 0.1) is 24.6 Å². The molecule has 2 amide bonds. The van der Waals surface area contributed by atoms with Gasteiger partial charge in [0.2, 0.25) is 17.4 Å². The highest BCUT2D eigenvalue weighted by atomic mass is 32.2. The molecule has 0 bridgehead atoms. The van der Waals surface area contributed by atoms with Crippen molar-refractivity contribution in [2.24, 2.45) is 11.8 Å². The number of nitrogens with one attached hydrogen (secondary N) is 1. The summed E-state index contributed by atoms with van der Waals surface area (Å²) in [6.07, 6.45) is 3.38. The lowest BCUT2D eigenvalue weighted by molar-refractivity contribution is -0.198. The minimum atomic E-state index is -1.12. The zero-order valence-electron chi connectivity index (χ0n) is 26.9. The second-order valence-corrected chi connectivity index (χ2v) is 15.3. The molecule has 2 aromatic rings. The molecule has 256 valence electrons. The fourth-order valence-corrected chi connectivity index (χ4v) is 8.42. The zero-order valence-corrected chi connectivity index (χ0v) is 29.4. The van der Waals surface area contributed by atoms with Crippen LogP contribution in [-0.2, 0) is 41.6 Å². The number of esters is 2. The Bertz CT molecular complexity index is 1490. The fraction of sp³-hybridized carbons (Fsp3) is 0.655. The van der Waals surface area contributed by atoms with Crippen LogP contribution in [0.5, 0.6) is 0 Å². The van der Waals surface area contributed by atoms with E-state index >= 15 is 0 Å². The number of aromatic nitrogens is 5. The van der Waals surface area contributed by atoms with Crippen LogP contribution in [0.2, 0.25) is 0 Å². The molecular weight excluding hydrogens is 667 g/mol. The van der Waals surface area contributed by atoms with Gasteiger partial charge in [-0.1, -0.05) is 44.9 Å². The molecule has 2 aliphatic heterocycles. The largest absolute Gasteiger partial charge is 0.425 e. The van der Waals surface area contributed by atoms with Gasteiger partial charge in [-0.15, -0.1) is 28.2 Å². The Morgan fingerprint density at radius 3 is 2.64 bits per heavy atom. The predicted octanol–water partition coefficient (Wildman–Crippen LogP) is 1.91. The lowest BCUT2D eigenvalue weighted by Gasteiger charge is -2.49. The second kappa shape index (κ2) is 15.8. The van der Waals surface area contributed by atoms with Crippen LogP contribution in [0, 0.1) is 11.8 Å². The molecule has 47 heavy (non-hydrogen) atoms. The van der Waals surface area contributed by atoms with Crippen molar-refractivity contribution in [2.75, 3.05) is 37.9 Å². The van der Waals surface area contributed by atoms with Gasteiger partial charge in [0.15, 0.2) is 5.13 Å². The molecule has 5 rings (SSSR count). The summed E-state index contributed by atoms with van der Waals surface area (Å²) in [5.41, 5.74) is 6.95. The molecule has 3 N–H and O–H groups in total. The van der Waals surface area contributed by atoms with E-state index in [-0.39, 0.29) is 35.8 Å². The fourth-order valence-electron chi connectivity index (χ4n) is 5.47. The predicted molar refractivity (Wildman–Crippen MR) is 177 cm³/mol. The number of nitrogens with two attached hydrogens (primary N) is 1. The quantitative estimate of drug-likeness (QED) is 0.125. The Morgan fingerprint density at radius 2 is 1.96 bits per heavy atom. The number of thioether (sulfide) groups is 2. The lowest BCUT2D eigenvalue weighted by Crippen LogP contribution is -2.70. The minimum absolute atomic E-state index is 0.0214. The van der Waals surface area contributed by atoms with E-state index in [0.29, 0.717) is 39.6 Å². The first-order valence-electron chi connectivity index (χ1n) is 15.6. The van der Waals surface area contributed by atoms with E-state index in [0.717, 1.165) is 38.6 Å². The normalized spacial score (nSPS) is 20.6. The molecule has 0 spiro atoms. The molecule has 1 unspecified atom stereocenters. The summed E-state index contributed by atoms with van der Waals surface area (Å²) < 4.78 is 13.3. The van der Waals surface area contributed by atoms with Crippen molar-refractivity contribution in [3.63, 3.8) is 0 Å². The summed E-state index contributed by atoms with van der Waals surface area (Å²) in [6.45, 7) is 4.92. The van der Waals surface area contributed by atoms with E-state index in [1.807, 2.05) is 19.0 Å². The van der Waals surface area contributed by atoms with Gasteiger partial charge in [0, 0.05) is 29.3 Å². The molecule has 18 heteroatoms. The molecule has 1 saturated carbocycles. The van der Waals surface area contributed by atoms with Crippen molar-refractivity contribution >= 4 is 63.7 Å². The van der Waals surface area contributed by atoms with Crippen LogP contribution in [0.3, 0.4) is 0 Å². The standard InChI is InChI=1S/C29H41N9O6S3/c1-16(2)27(43-25(41)17-8-6-5-7-9-17)44-26(42)22-18(14-47-29-33-34-35-37(29)11-10-36(3)4)13-45-24-21(23(40)38(22)24)32-20(39)12-19-15-46-28(30)31-19/h15-17,21,24,27H,5-14H2,1-4H3,(H2,30,31)(H,32,39)/t21-,24+,27?/m1/s1. The number of likely N-dealkylation sites (N-methyl/N-ethyl adjacent to an activating group) is 1. The Labute approximate surface area is 285 Å². The third-order valence-electron chi connectivity index (χ3n) is 8.04. The number of tetrazole rings is 1. The van der Waals surface area contributed by atoms with Crippen LogP contribution in [0.4, 0.5) is 5.13 Å². The summed E-state index contributed by atoms with van der Waals surface area (Å²) in [5.74, 6) is -1.76. The molecule has 0 radical (unpaired) electrons. The number of ether oxygens (including phenoxy) is 2. The van der Waals surface area contributed by atoms with Crippen molar-refractivity contribution in [1.29, 1.82) is 0 Å². The Hall–Kier alpha value is -3.22. The Balaban J connectivity index is 1.33. The van der Waals surface area contributed by atoms with Gasteiger partial charge in [0.25, 0.3) is 5.91 Å². The summed E-state index contributed by atoms with van der Waals surface area (Å²) in [7, 11) is 3.92. The number of fused-ring (bicyclic) bond motifs is 1. The highest BCUT2D eigenvalue weighted by Crippen LogP contribution is 2.42. The molecule has 1 saturated heterocycles. The van der Waals surface area contributed by atoms with E-state index in [1.165, 1.54) is 39.8 Å². The molecular formula is C29H41N9O6S3. The SMILES string of the molecule is CC(C)C(OC(=O)C1=C(CSc2nnnn2CCN(C)C)CS[C@H]2[C@H](NC(=O)Cc3csc(N)n3)C(=O)N12)OC(=O)C1CCCCC1. The maximum Gasteiger partial charge on any atom is 0.358 e. The maximum absolute atomic E-state index is 14.0. The van der Waals surface area contributed by atoms with Gasteiger partial charge < -0.3 is 25.4 Å². The zero-order chi connectivity index (χ0) is 33.7. The molecule has 0 aromatic carbocycles. The van der Waals surface area contributed by atoms with Crippen LogP contribution < -0.4 is 11.1 Å². The Kier molecular flexibility index (Phi) is 11.8. The van der Waals surface area contributed by atoms with Crippen LogP contribution in [0.1, 0.15) is 51.6 Å². The number of anilines is 1. The first kappa shape index (κ1) is 35.1. The van der Waals surface area contributed by atoms with Gasteiger partial charge >= 0.3 is 11.9 Å². The van der Waals surface area contributed by atoms with E-state index in [4.69, 9.17) is 15.2 Å². The number of carbonyl (C=O) groups is 4. The van der Waals surface area contributed by atoms with Crippen LogP contribution in [-0.4, -0.2) is 109 Å². The van der Waals surface area contributed by atoms with E-state index < -0.39 is 29.6 Å². The summed E-state index contributed by atoms with van der Waals surface area (Å²) >= 11 is 4.03. The van der Waals surface area contributed by atoms with Crippen molar-refractivity contribution in [2.45, 2.75) is 81.8 Å². The van der Waals surface area contributed by atoms with Gasteiger partial charge in [-0.2, -0.15) is 0 Å². The number of rotatable bonds is 14. The minimum Gasteiger partial charge on any atom is -0.425 e. The van der Waals surface area contributed by atoms with Crippen LogP contribution >= 0.6 is 34.9 Å². The van der Waals surface area contributed by atoms with Crippen LogP contribution in [0.25, 0.3) is 0 Å². The van der Waals surface area contributed by atoms with Gasteiger partial charge in [0.1, 0.15) is 17.1 Å². The molecule has 2 aromatic heterocycles. The van der Waals surface area contributed by atoms with Crippen molar-refractivity contribution < 1.29 is 28.7 Å². The van der Waals surface area contributed by atoms with Crippen molar-refractivity contribution in [3.8, 4) is 0 Å². The molecule has 3 atom stereocenters. The number of amides is 2. The summed E-state index contributed by atoms with van der Waals surface area (Å²) in [4.78, 5) is 60.8. The van der Waals surface area contributed by atoms with Gasteiger partial charge in [-0.3, -0.25) is 19.3 Å². The van der Waals surface area contributed by atoms with Gasteiger partial charge in [-0.05, 0) is 42.9 Å². The lowest BCUT2D eigenvalue weighted by atomic mass is 9.89. The maximum atomic E-state index is 14.0. The topological polar surface area (TPSA) is 188 Å². The Morgan fingerprint density at radius 1 is 1.19 bits per heavy atom. The average molecular weight is 708 g/mol. The van der Waals surface area contributed by atoms with E-state index in [1.54, 1.807) is 23.9 Å². The number of nitrogens with zero attached hydrogens (tertiary/aromatic N) is 7. The molecule has 4 heterocycles. The smallest absolute Gasteiger partial charge is 0.358 e. The van der Waals surface area contributed by atoms with Crippen molar-refractivity contribution in [1.82, 2.24) is 40.3 Å². The number of thiazole rings is 1. The molecule has 15 nitrogen and oxygen atoms in total. The highest BCUT2D eigenvalue weighted by molar-refractivity contribution is 8.01. The number of hydrogen-bond donors (Lipinski definition) is 2. The number of hydrogen-bond acceptors (Lipinski definition) is 15. The second-order valence-electron chi connectivity index (χ2n) is 12.3. The first-order chi connectivity index (χ1) is 22.5. The molecule has 3 aliphatic rings. The van der Waals surface area contributed by atoms with Crippen molar-refractivity contribution in [3.05, 3.63) is 22.3 Å². The van der Waals surface area contributed by atoms with E-state index in [2.05, 4.69) is 25.8 Å². The number of β-lactam (4-membered cyclic amide) rings is 1. The van der Waals surface area contributed by atoms with Gasteiger partial charge in [-0.25, -0.2) is 14.5 Å². The third-order valence-corrected chi connectivity index (χ3v) is 11.1. The van der Waals surface area contributed by atoms with Crippen LogP contribution in [0.15, 0.2) is 21.8 Å². The molecule has 1 aliphatic carbocycles. The summed E-state index contributed by atoms with van der Waals surface area (Å²) in [5, 5.41) is 16.9. The average Bonchev–Trinajstić information content (AvgIpc) is 3.68. The summed E-state index contributed by atoms with van der Waals surface area (Å²) in [6, 6.07) is -0.830. The number of carbonyl (C=O) groups excluding carboxylic acids is 4. The number of nitrogen functional groups attached to an aromatic ring is 1. The molecule has 2 fully saturated rings.